The number of carbonyl (C=O) groups is 1. The lowest BCUT2D eigenvalue weighted by Crippen LogP contribution is -2.30. The van der Waals surface area contributed by atoms with Crippen LogP contribution in [0.2, 0.25) is 0 Å². The smallest absolute Gasteiger partial charge is 0.254 e. The number of hydrazone groups is 1. The number of para-hydroxylation sites is 1. The number of carbonyl (C=O) groups excluding carboxylic acids is 1. The van der Waals surface area contributed by atoms with Gasteiger partial charge in [-0.15, -0.1) is 0 Å². The topological polar surface area (TPSA) is 74.2 Å². The van der Waals surface area contributed by atoms with Crippen molar-refractivity contribution < 1.29 is 14.6 Å². The fraction of sp³-hybridized carbons (Fsp3) is 0.333. The number of aromatic hydroxyl groups is 1. The molecule has 6 nitrogen and oxygen atoms in total. The normalized spacial score (nSPS) is 10.9. The minimum absolute atomic E-state index is 0.00870. The number of nitrogens with zero attached hydrogens (tertiary/aromatic N) is 2. The molecule has 0 aliphatic carbocycles. The molecule has 0 saturated carbocycles. The number of ether oxygens (including phenoxy) is 1. The molecule has 0 fully saturated rings. The Morgan fingerprint density at radius 3 is 2.89 bits per heavy atom. The van der Waals surface area contributed by atoms with E-state index in [4.69, 9.17) is 4.74 Å². The molecule has 6 heteroatoms. The summed E-state index contributed by atoms with van der Waals surface area (Å²) >= 11 is 0. The van der Waals surface area contributed by atoms with Gasteiger partial charge in [0, 0.05) is 5.56 Å². The van der Waals surface area contributed by atoms with E-state index in [1.165, 1.54) is 13.3 Å². The number of rotatable bonds is 5. The van der Waals surface area contributed by atoms with Gasteiger partial charge in [-0.05, 0) is 26.2 Å². The van der Waals surface area contributed by atoms with Gasteiger partial charge in [0.05, 0.1) is 19.9 Å². The van der Waals surface area contributed by atoms with Crippen molar-refractivity contribution in [3.8, 4) is 11.5 Å². The molecule has 0 atom stereocenters. The molecule has 0 aliphatic heterocycles. The highest BCUT2D eigenvalue weighted by atomic mass is 16.5. The SMILES string of the molecule is COc1cccc(C=NNC(=O)CN(C)C)c1O. The second kappa shape index (κ2) is 6.61. The van der Waals surface area contributed by atoms with Crippen molar-refractivity contribution in [2.75, 3.05) is 27.7 Å². The van der Waals surface area contributed by atoms with E-state index >= 15 is 0 Å². The summed E-state index contributed by atoms with van der Waals surface area (Å²) in [7, 11) is 5.04. The molecule has 0 radical (unpaired) electrons. The van der Waals surface area contributed by atoms with Crippen LogP contribution in [0.4, 0.5) is 0 Å². The summed E-state index contributed by atoms with van der Waals surface area (Å²) in [6.45, 7) is 0.251. The molecular weight excluding hydrogens is 234 g/mol. The van der Waals surface area contributed by atoms with Gasteiger partial charge in [-0.25, -0.2) is 5.43 Å². The summed E-state index contributed by atoms with van der Waals surface area (Å²) in [4.78, 5) is 13.0. The van der Waals surface area contributed by atoms with Crippen LogP contribution in [0.3, 0.4) is 0 Å². The quantitative estimate of drug-likeness (QED) is 0.587. The number of benzene rings is 1. The van der Waals surface area contributed by atoms with E-state index in [2.05, 4.69) is 10.5 Å². The highest BCUT2D eigenvalue weighted by Crippen LogP contribution is 2.27. The van der Waals surface area contributed by atoms with E-state index in [0.717, 1.165) is 0 Å². The lowest BCUT2D eigenvalue weighted by molar-refractivity contribution is -0.121. The van der Waals surface area contributed by atoms with Crippen molar-refractivity contribution in [1.82, 2.24) is 10.3 Å². The Morgan fingerprint density at radius 1 is 1.56 bits per heavy atom. The molecule has 0 unspecified atom stereocenters. The number of nitrogens with one attached hydrogen (secondary N) is 1. The Morgan fingerprint density at radius 2 is 2.28 bits per heavy atom. The monoisotopic (exact) mass is 251 g/mol. The first kappa shape index (κ1) is 14.0. The Bertz CT molecular complexity index is 444. The van der Waals surface area contributed by atoms with Crippen molar-refractivity contribution in [3.63, 3.8) is 0 Å². The Balaban J connectivity index is 2.65. The molecule has 0 aromatic heterocycles. The molecule has 2 N–H and O–H groups in total. The van der Waals surface area contributed by atoms with Gasteiger partial charge < -0.3 is 14.7 Å². The molecule has 0 spiro atoms. The van der Waals surface area contributed by atoms with Crippen LogP contribution < -0.4 is 10.2 Å². The number of amides is 1. The fourth-order valence-corrected chi connectivity index (χ4v) is 1.30. The van der Waals surface area contributed by atoms with E-state index in [-0.39, 0.29) is 18.2 Å². The van der Waals surface area contributed by atoms with Gasteiger partial charge >= 0.3 is 0 Å². The first-order chi connectivity index (χ1) is 8.54. The average Bonchev–Trinajstić information content (AvgIpc) is 2.30. The van der Waals surface area contributed by atoms with E-state index in [1.807, 2.05) is 0 Å². The summed E-state index contributed by atoms with van der Waals surface area (Å²) in [5.74, 6) is 0.128. The maximum atomic E-state index is 11.3. The van der Waals surface area contributed by atoms with Gasteiger partial charge in [0.15, 0.2) is 11.5 Å². The molecule has 0 saturated heterocycles. The molecule has 0 heterocycles. The third-order valence-corrected chi connectivity index (χ3v) is 2.10. The second-order valence-corrected chi connectivity index (χ2v) is 3.93. The Kier molecular flexibility index (Phi) is 5.13. The molecular formula is C12H17N3O3. The van der Waals surface area contributed by atoms with Gasteiger partial charge in [0.1, 0.15) is 0 Å². The zero-order valence-corrected chi connectivity index (χ0v) is 10.7. The van der Waals surface area contributed by atoms with Crippen molar-refractivity contribution in [1.29, 1.82) is 0 Å². The van der Waals surface area contributed by atoms with Crippen LogP contribution in [0.1, 0.15) is 5.56 Å². The fourth-order valence-electron chi connectivity index (χ4n) is 1.30. The molecule has 0 bridgehead atoms. The second-order valence-electron chi connectivity index (χ2n) is 3.93. The van der Waals surface area contributed by atoms with Crippen LogP contribution in [-0.4, -0.2) is 49.9 Å². The van der Waals surface area contributed by atoms with Gasteiger partial charge in [-0.2, -0.15) is 5.10 Å². The van der Waals surface area contributed by atoms with Crippen molar-refractivity contribution in [2.24, 2.45) is 5.10 Å². The number of hydrogen-bond donors (Lipinski definition) is 2. The standard InChI is InChI=1S/C12H17N3O3/c1-15(2)8-11(16)14-13-7-9-5-4-6-10(18-3)12(9)17/h4-7,17H,8H2,1-3H3,(H,14,16). The molecule has 98 valence electrons. The molecule has 0 aliphatic rings. The number of phenols is 1. The zero-order chi connectivity index (χ0) is 13.5. The average molecular weight is 251 g/mol. The minimum Gasteiger partial charge on any atom is -0.504 e. The third kappa shape index (κ3) is 4.06. The van der Waals surface area contributed by atoms with Crippen LogP contribution in [0.25, 0.3) is 0 Å². The number of likely N-dealkylation sites (N-methyl/N-ethyl adjacent to an activating group) is 1. The minimum atomic E-state index is -0.223. The summed E-state index contributed by atoms with van der Waals surface area (Å²) in [5, 5.41) is 13.5. The lowest BCUT2D eigenvalue weighted by atomic mass is 10.2. The molecule has 1 amide bonds. The van der Waals surface area contributed by atoms with Crippen molar-refractivity contribution in [3.05, 3.63) is 23.8 Å². The highest BCUT2D eigenvalue weighted by molar-refractivity contribution is 5.86. The summed E-state index contributed by atoms with van der Waals surface area (Å²) in [5.41, 5.74) is 2.84. The van der Waals surface area contributed by atoms with E-state index in [0.29, 0.717) is 11.3 Å². The zero-order valence-electron chi connectivity index (χ0n) is 10.7. The van der Waals surface area contributed by atoms with Crippen LogP contribution >= 0.6 is 0 Å². The highest BCUT2D eigenvalue weighted by Gasteiger charge is 2.05. The van der Waals surface area contributed by atoms with Crippen LogP contribution in [-0.2, 0) is 4.79 Å². The maximum Gasteiger partial charge on any atom is 0.254 e. The van der Waals surface area contributed by atoms with Crippen molar-refractivity contribution in [2.45, 2.75) is 0 Å². The number of phenolic OH excluding ortho intramolecular Hbond substituents is 1. The van der Waals surface area contributed by atoms with E-state index < -0.39 is 0 Å². The predicted octanol–water partition coefficient (Wildman–Crippen LogP) is 0.412. The number of methoxy groups -OCH3 is 1. The first-order valence-electron chi connectivity index (χ1n) is 5.37. The molecule has 18 heavy (non-hydrogen) atoms. The van der Waals surface area contributed by atoms with Gasteiger partial charge in [-0.1, -0.05) is 6.07 Å². The molecule has 1 aromatic carbocycles. The summed E-state index contributed by atoms with van der Waals surface area (Å²) in [6, 6.07) is 5.03. The molecule has 1 aromatic rings. The Hall–Kier alpha value is -2.08. The lowest BCUT2D eigenvalue weighted by Gasteiger charge is -2.07. The van der Waals surface area contributed by atoms with Gasteiger partial charge in [-0.3, -0.25) is 4.79 Å². The van der Waals surface area contributed by atoms with Crippen LogP contribution in [0, 0.1) is 0 Å². The van der Waals surface area contributed by atoms with Crippen LogP contribution in [0.15, 0.2) is 23.3 Å². The van der Waals surface area contributed by atoms with Crippen LogP contribution in [0.5, 0.6) is 11.5 Å². The predicted molar refractivity (Wildman–Crippen MR) is 68.9 cm³/mol. The third-order valence-electron chi connectivity index (χ3n) is 2.10. The maximum absolute atomic E-state index is 11.3. The summed E-state index contributed by atoms with van der Waals surface area (Å²) < 4.78 is 4.96. The van der Waals surface area contributed by atoms with Gasteiger partial charge in [0.2, 0.25) is 0 Å². The van der Waals surface area contributed by atoms with E-state index in [9.17, 15) is 9.90 Å². The molecule has 1 rings (SSSR count). The van der Waals surface area contributed by atoms with Gasteiger partial charge in [0.25, 0.3) is 5.91 Å². The van der Waals surface area contributed by atoms with E-state index in [1.54, 1.807) is 37.2 Å². The summed E-state index contributed by atoms with van der Waals surface area (Å²) in [6.07, 6.45) is 1.37. The largest absolute Gasteiger partial charge is 0.504 e. The number of hydrogen-bond acceptors (Lipinski definition) is 5. The van der Waals surface area contributed by atoms with Crippen molar-refractivity contribution >= 4 is 12.1 Å². The first-order valence-corrected chi connectivity index (χ1v) is 5.37. The Labute approximate surface area is 106 Å².